The molecule has 0 bridgehead atoms. The summed E-state index contributed by atoms with van der Waals surface area (Å²) >= 11 is 0. The lowest BCUT2D eigenvalue weighted by Gasteiger charge is -2.22. The lowest BCUT2D eigenvalue weighted by atomic mass is 9.97. The third kappa shape index (κ3) is 5.07. The predicted molar refractivity (Wildman–Crippen MR) is 82.7 cm³/mol. The molecule has 0 radical (unpaired) electrons. The highest BCUT2D eigenvalue weighted by Crippen LogP contribution is 2.29. The summed E-state index contributed by atoms with van der Waals surface area (Å²) in [5, 5.41) is 3.61. The number of para-hydroxylation sites is 1. The van der Waals surface area contributed by atoms with Crippen LogP contribution in [0.1, 0.15) is 51.6 Å². The number of rotatable bonds is 9. The molecule has 0 saturated carbocycles. The summed E-state index contributed by atoms with van der Waals surface area (Å²) in [6.45, 7) is 12.2. The van der Waals surface area contributed by atoms with E-state index in [0.29, 0.717) is 12.6 Å². The van der Waals surface area contributed by atoms with Crippen LogP contribution < -0.4 is 10.1 Å². The van der Waals surface area contributed by atoms with Gasteiger partial charge in [0.25, 0.3) is 0 Å². The van der Waals surface area contributed by atoms with Crippen LogP contribution in [0, 0.1) is 0 Å². The molecule has 1 aromatic carbocycles. The monoisotopic (exact) mass is 261 g/mol. The summed E-state index contributed by atoms with van der Waals surface area (Å²) < 4.78 is 5.74. The van der Waals surface area contributed by atoms with E-state index in [1.165, 1.54) is 11.1 Å². The van der Waals surface area contributed by atoms with E-state index >= 15 is 0 Å². The van der Waals surface area contributed by atoms with Crippen molar-refractivity contribution >= 4 is 0 Å². The van der Waals surface area contributed by atoms with E-state index in [2.05, 4.69) is 37.9 Å². The van der Waals surface area contributed by atoms with E-state index in [-0.39, 0.29) is 0 Å². The molecular formula is C17H27NO. The Bertz CT molecular complexity index is 387. The van der Waals surface area contributed by atoms with Gasteiger partial charge in [-0.25, -0.2) is 0 Å². The van der Waals surface area contributed by atoms with Crippen molar-refractivity contribution in [2.75, 3.05) is 13.2 Å². The molecule has 0 fully saturated rings. The van der Waals surface area contributed by atoms with Crippen LogP contribution in [0.25, 0.3) is 0 Å². The second kappa shape index (κ2) is 8.76. The van der Waals surface area contributed by atoms with E-state index in [1.807, 2.05) is 19.1 Å². The van der Waals surface area contributed by atoms with Crippen molar-refractivity contribution in [1.82, 2.24) is 5.32 Å². The molecule has 0 saturated heterocycles. The summed E-state index contributed by atoms with van der Waals surface area (Å²) in [4.78, 5) is 0. The standard InChI is InChI=1S/C17H27NO/c1-5-12-18-16(13-14(4)6-2)15-10-8-9-11-17(15)19-7-3/h8-11,16,18H,4-7,12-13H2,1-3H3. The molecule has 0 aliphatic heterocycles. The average Bonchev–Trinajstić information content (AvgIpc) is 2.44. The van der Waals surface area contributed by atoms with Crippen LogP contribution in [0.5, 0.6) is 5.75 Å². The zero-order valence-corrected chi connectivity index (χ0v) is 12.5. The van der Waals surface area contributed by atoms with E-state index in [9.17, 15) is 0 Å². The summed E-state index contributed by atoms with van der Waals surface area (Å²) in [5.41, 5.74) is 2.52. The molecule has 0 aliphatic carbocycles. The molecule has 0 aromatic heterocycles. The molecule has 1 unspecified atom stereocenters. The van der Waals surface area contributed by atoms with Crippen molar-refractivity contribution in [3.05, 3.63) is 42.0 Å². The van der Waals surface area contributed by atoms with E-state index in [4.69, 9.17) is 4.74 Å². The minimum Gasteiger partial charge on any atom is -0.494 e. The molecule has 106 valence electrons. The second-order valence-corrected chi connectivity index (χ2v) is 4.79. The third-order valence-corrected chi connectivity index (χ3v) is 3.23. The Hall–Kier alpha value is -1.28. The fourth-order valence-electron chi connectivity index (χ4n) is 2.10. The molecule has 19 heavy (non-hydrogen) atoms. The maximum Gasteiger partial charge on any atom is 0.124 e. The molecular weight excluding hydrogens is 234 g/mol. The second-order valence-electron chi connectivity index (χ2n) is 4.79. The van der Waals surface area contributed by atoms with Gasteiger partial charge in [0.05, 0.1) is 6.61 Å². The van der Waals surface area contributed by atoms with Crippen molar-refractivity contribution in [3.63, 3.8) is 0 Å². The topological polar surface area (TPSA) is 21.3 Å². The summed E-state index contributed by atoms with van der Waals surface area (Å²) in [6, 6.07) is 8.61. The SMILES string of the molecule is C=C(CC)CC(NCCC)c1ccccc1OCC. The van der Waals surface area contributed by atoms with Crippen molar-refractivity contribution in [3.8, 4) is 5.75 Å². The number of hydrogen-bond acceptors (Lipinski definition) is 2. The van der Waals surface area contributed by atoms with Gasteiger partial charge in [-0.1, -0.05) is 44.2 Å². The molecule has 1 N–H and O–H groups in total. The van der Waals surface area contributed by atoms with Crippen LogP contribution in [0.4, 0.5) is 0 Å². The number of benzene rings is 1. The normalized spacial score (nSPS) is 12.2. The van der Waals surface area contributed by atoms with Gasteiger partial charge in [-0.05, 0) is 38.8 Å². The predicted octanol–water partition coefficient (Wildman–Crippen LogP) is 4.48. The van der Waals surface area contributed by atoms with Crippen LogP contribution in [0.2, 0.25) is 0 Å². The molecule has 1 rings (SSSR count). The third-order valence-electron chi connectivity index (χ3n) is 3.23. The van der Waals surface area contributed by atoms with Crippen LogP contribution in [0.3, 0.4) is 0 Å². The van der Waals surface area contributed by atoms with E-state index in [1.54, 1.807) is 0 Å². The Morgan fingerprint density at radius 1 is 1.26 bits per heavy atom. The number of ether oxygens (including phenoxy) is 1. The number of hydrogen-bond donors (Lipinski definition) is 1. The largest absolute Gasteiger partial charge is 0.494 e. The Labute approximate surface area is 117 Å². The fourth-order valence-corrected chi connectivity index (χ4v) is 2.10. The van der Waals surface area contributed by atoms with Gasteiger partial charge >= 0.3 is 0 Å². The minimum atomic E-state index is 0.301. The Kier molecular flexibility index (Phi) is 7.27. The first-order valence-electron chi connectivity index (χ1n) is 7.34. The van der Waals surface area contributed by atoms with Gasteiger partial charge < -0.3 is 10.1 Å². The first kappa shape index (κ1) is 15.8. The van der Waals surface area contributed by atoms with E-state index < -0.39 is 0 Å². The highest BCUT2D eigenvalue weighted by Gasteiger charge is 2.15. The molecule has 1 aromatic rings. The molecule has 2 nitrogen and oxygen atoms in total. The highest BCUT2D eigenvalue weighted by atomic mass is 16.5. The molecule has 0 heterocycles. The lowest BCUT2D eigenvalue weighted by molar-refractivity contribution is 0.331. The van der Waals surface area contributed by atoms with Crippen molar-refractivity contribution in [1.29, 1.82) is 0 Å². The Morgan fingerprint density at radius 2 is 2.00 bits per heavy atom. The lowest BCUT2D eigenvalue weighted by Crippen LogP contribution is -2.23. The van der Waals surface area contributed by atoms with Gasteiger partial charge in [0.1, 0.15) is 5.75 Å². The van der Waals surface area contributed by atoms with Crippen molar-refractivity contribution in [2.45, 2.75) is 46.1 Å². The molecule has 0 amide bonds. The summed E-state index contributed by atoms with van der Waals surface area (Å²) in [5.74, 6) is 0.988. The fraction of sp³-hybridized carbons (Fsp3) is 0.529. The first-order chi connectivity index (χ1) is 9.22. The minimum absolute atomic E-state index is 0.301. The molecule has 0 aliphatic rings. The molecule has 1 atom stereocenters. The number of nitrogens with one attached hydrogen (secondary N) is 1. The summed E-state index contributed by atoms with van der Waals surface area (Å²) in [7, 11) is 0. The van der Waals surface area contributed by atoms with Crippen molar-refractivity contribution < 1.29 is 4.74 Å². The maximum atomic E-state index is 5.74. The van der Waals surface area contributed by atoms with Crippen LogP contribution in [-0.4, -0.2) is 13.2 Å². The van der Waals surface area contributed by atoms with Gasteiger partial charge in [0.15, 0.2) is 0 Å². The quantitative estimate of drug-likeness (QED) is 0.662. The molecule has 2 heteroatoms. The first-order valence-corrected chi connectivity index (χ1v) is 7.34. The maximum absolute atomic E-state index is 5.74. The van der Waals surface area contributed by atoms with E-state index in [0.717, 1.165) is 31.6 Å². The van der Waals surface area contributed by atoms with Crippen LogP contribution in [-0.2, 0) is 0 Å². The Balaban J connectivity index is 2.91. The van der Waals surface area contributed by atoms with Crippen LogP contribution >= 0.6 is 0 Å². The van der Waals surface area contributed by atoms with Crippen LogP contribution in [0.15, 0.2) is 36.4 Å². The summed E-state index contributed by atoms with van der Waals surface area (Å²) in [6.07, 6.45) is 3.13. The highest BCUT2D eigenvalue weighted by molar-refractivity contribution is 5.36. The smallest absolute Gasteiger partial charge is 0.124 e. The Morgan fingerprint density at radius 3 is 2.63 bits per heavy atom. The molecule has 0 spiro atoms. The van der Waals surface area contributed by atoms with Gasteiger partial charge in [0, 0.05) is 11.6 Å². The van der Waals surface area contributed by atoms with Crippen molar-refractivity contribution in [2.24, 2.45) is 0 Å². The van der Waals surface area contributed by atoms with Gasteiger partial charge in [-0.2, -0.15) is 0 Å². The van der Waals surface area contributed by atoms with Gasteiger partial charge in [-0.3, -0.25) is 0 Å². The van der Waals surface area contributed by atoms with Gasteiger partial charge in [-0.15, -0.1) is 0 Å². The zero-order chi connectivity index (χ0) is 14.1. The average molecular weight is 261 g/mol. The zero-order valence-electron chi connectivity index (χ0n) is 12.5. The van der Waals surface area contributed by atoms with Gasteiger partial charge in [0.2, 0.25) is 0 Å².